The lowest BCUT2D eigenvalue weighted by Gasteiger charge is -2.21. The normalized spacial score (nSPS) is 13.2. The third kappa shape index (κ3) is 13.9. The third-order valence-electron chi connectivity index (χ3n) is 2.24. The molecule has 0 heterocycles. The van der Waals surface area contributed by atoms with Crippen molar-refractivity contribution in [3.05, 3.63) is 0 Å². The van der Waals surface area contributed by atoms with Gasteiger partial charge in [0.05, 0.1) is 0 Å². The zero-order valence-corrected chi connectivity index (χ0v) is 11.5. The van der Waals surface area contributed by atoms with E-state index in [9.17, 15) is 0 Å². The summed E-state index contributed by atoms with van der Waals surface area (Å²) < 4.78 is 0. The highest BCUT2D eigenvalue weighted by Gasteiger charge is 2.09. The van der Waals surface area contributed by atoms with Crippen LogP contribution >= 0.6 is 0 Å². The molecule has 0 aliphatic heterocycles. The van der Waals surface area contributed by atoms with E-state index in [1.165, 1.54) is 12.8 Å². The van der Waals surface area contributed by atoms with E-state index in [1.807, 2.05) is 0 Å². The highest BCUT2D eigenvalue weighted by Crippen LogP contribution is 2.16. The summed E-state index contributed by atoms with van der Waals surface area (Å²) in [6, 6.07) is 0. The Labute approximate surface area is 96.2 Å². The summed E-state index contributed by atoms with van der Waals surface area (Å²) in [5.41, 5.74) is 0.710. The Morgan fingerprint density at radius 1 is 0.800 bits per heavy atom. The van der Waals surface area contributed by atoms with Gasteiger partial charge in [-0.15, -0.1) is 0 Å². The van der Waals surface area contributed by atoms with Gasteiger partial charge in [-0.25, -0.2) is 0 Å². The van der Waals surface area contributed by atoms with Gasteiger partial charge >= 0.3 is 0 Å². The molecule has 0 bridgehead atoms. The SMILES string of the molecule is CC(C)(C)CCNCCCNC(C)(C)C. The Morgan fingerprint density at radius 2 is 1.40 bits per heavy atom. The van der Waals surface area contributed by atoms with Gasteiger partial charge in [-0.05, 0) is 58.7 Å². The molecule has 2 heteroatoms. The molecule has 0 atom stereocenters. The predicted molar refractivity (Wildman–Crippen MR) is 69.3 cm³/mol. The third-order valence-corrected chi connectivity index (χ3v) is 2.24. The molecule has 0 aliphatic carbocycles. The van der Waals surface area contributed by atoms with Crippen LogP contribution in [-0.4, -0.2) is 25.2 Å². The second-order valence-corrected chi connectivity index (χ2v) is 6.59. The Hall–Kier alpha value is -0.0800. The maximum atomic E-state index is 3.49. The van der Waals surface area contributed by atoms with Crippen molar-refractivity contribution in [2.24, 2.45) is 5.41 Å². The molecule has 0 saturated carbocycles. The molecule has 0 spiro atoms. The average Bonchev–Trinajstić information content (AvgIpc) is 1.98. The first-order valence-electron chi connectivity index (χ1n) is 6.16. The van der Waals surface area contributed by atoms with Gasteiger partial charge in [-0.3, -0.25) is 0 Å². The van der Waals surface area contributed by atoms with E-state index < -0.39 is 0 Å². The van der Waals surface area contributed by atoms with Gasteiger partial charge in [0, 0.05) is 5.54 Å². The van der Waals surface area contributed by atoms with Crippen molar-refractivity contribution in [1.82, 2.24) is 10.6 Å². The molecule has 0 unspecified atom stereocenters. The molecule has 0 aromatic rings. The quantitative estimate of drug-likeness (QED) is 0.664. The molecule has 0 fully saturated rings. The average molecular weight is 214 g/mol. The Morgan fingerprint density at radius 3 is 1.87 bits per heavy atom. The first-order valence-corrected chi connectivity index (χ1v) is 6.16. The van der Waals surface area contributed by atoms with Crippen molar-refractivity contribution in [3.8, 4) is 0 Å². The zero-order chi connectivity index (χ0) is 11.9. The van der Waals surface area contributed by atoms with Crippen LogP contribution in [0.1, 0.15) is 54.4 Å². The van der Waals surface area contributed by atoms with Gasteiger partial charge in [0.1, 0.15) is 0 Å². The summed E-state index contributed by atoms with van der Waals surface area (Å²) in [6.45, 7) is 16.9. The van der Waals surface area contributed by atoms with Gasteiger partial charge in [-0.2, -0.15) is 0 Å². The van der Waals surface area contributed by atoms with E-state index in [1.54, 1.807) is 0 Å². The highest BCUT2D eigenvalue weighted by atomic mass is 14.9. The van der Waals surface area contributed by atoms with Crippen molar-refractivity contribution < 1.29 is 0 Å². The van der Waals surface area contributed by atoms with E-state index in [0.29, 0.717) is 5.41 Å². The second kappa shape index (κ2) is 6.49. The van der Waals surface area contributed by atoms with Gasteiger partial charge in [-0.1, -0.05) is 20.8 Å². The van der Waals surface area contributed by atoms with Crippen LogP contribution in [0.15, 0.2) is 0 Å². The van der Waals surface area contributed by atoms with E-state index in [0.717, 1.165) is 19.6 Å². The van der Waals surface area contributed by atoms with Crippen LogP contribution in [0.2, 0.25) is 0 Å². The maximum Gasteiger partial charge on any atom is 0.00965 e. The summed E-state index contributed by atoms with van der Waals surface area (Å²) in [4.78, 5) is 0. The van der Waals surface area contributed by atoms with Crippen molar-refractivity contribution >= 4 is 0 Å². The van der Waals surface area contributed by atoms with Gasteiger partial charge in [0.2, 0.25) is 0 Å². The number of hydrogen-bond acceptors (Lipinski definition) is 2. The van der Waals surface area contributed by atoms with Crippen LogP contribution in [0.25, 0.3) is 0 Å². The van der Waals surface area contributed by atoms with E-state index in [4.69, 9.17) is 0 Å². The molecule has 0 amide bonds. The first-order chi connectivity index (χ1) is 6.71. The lowest BCUT2D eigenvalue weighted by Crippen LogP contribution is -2.37. The molecule has 0 aliphatic rings. The smallest absolute Gasteiger partial charge is 0.00965 e. The van der Waals surface area contributed by atoms with Crippen LogP contribution in [0.3, 0.4) is 0 Å². The fourth-order valence-electron chi connectivity index (χ4n) is 1.27. The summed E-state index contributed by atoms with van der Waals surface area (Å²) >= 11 is 0. The minimum atomic E-state index is 0.255. The van der Waals surface area contributed by atoms with Gasteiger partial charge in [0.15, 0.2) is 0 Å². The zero-order valence-electron chi connectivity index (χ0n) is 11.5. The molecule has 2 nitrogen and oxygen atoms in total. The second-order valence-electron chi connectivity index (χ2n) is 6.59. The predicted octanol–water partition coefficient (Wildman–Crippen LogP) is 2.79. The van der Waals surface area contributed by atoms with Crippen LogP contribution < -0.4 is 10.6 Å². The highest BCUT2D eigenvalue weighted by molar-refractivity contribution is 4.70. The molecule has 0 aromatic heterocycles. The topological polar surface area (TPSA) is 24.1 Å². The summed E-state index contributed by atoms with van der Waals surface area (Å²) in [6.07, 6.45) is 2.46. The van der Waals surface area contributed by atoms with Gasteiger partial charge < -0.3 is 10.6 Å². The number of rotatable bonds is 6. The van der Waals surface area contributed by atoms with Crippen LogP contribution in [0.4, 0.5) is 0 Å². The maximum absolute atomic E-state index is 3.49. The molecule has 2 N–H and O–H groups in total. The lowest BCUT2D eigenvalue weighted by molar-refractivity contribution is 0.364. The Bertz CT molecular complexity index is 133. The molecule has 0 rings (SSSR count). The van der Waals surface area contributed by atoms with Crippen LogP contribution in [0.5, 0.6) is 0 Å². The van der Waals surface area contributed by atoms with Crippen molar-refractivity contribution in [3.63, 3.8) is 0 Å². The van der Waals surface area contributed by atoms with Gasteiger partial charge in [0.25, 0.3) is 0 Å². The van der Waals surface area contributed by atoms with Crippen molar-refractivity contribution in [1.29, 1.82) is 0 Å². The molecule has 0 radical (unpaired) electrons. The largest absolute Gasteiger partial charge is 0.317 e. The van der Waals surface area contributed by atoms with E-state index in [-0.39, 0.29) is 5.54 Å². The van der Waals surface area contributed by atoms with E-state index >= 15 is 0 Å². The van der Waals surface area contributed by atoms with Crippen LogP contribution in [0, 0.1) is 5.41 Å². The lowest BCUT2D eigenvalue weighted by atomic mass is 9.92. The molecule has 15 heavy (non-hydrogen) atoms. The minimum Gasteiger partial charge on any atom is -0.317 e. The summed E-state index contributed by atoms with van der Waals surface area (Å²) in [7, 11) is 0. The minimum absolute atomic E-state index is 0.255. The number of hydrogen-bond donors (Lipinski definition) is 2. The monoisotopic (exact) mass is 214 g/mol. The Kier molecular flexibility index (Phi) is 6.46. The van der Waals surface area contributed by atoms with Crippen LogP contribution in [-0.2, 0) is 0 Å². The first kappa shape index (κ1) is 14.9. The standard InChI is InChI=1S/C13H30N2/c1-12(2,3)8-11-14-9-7-10-15-13(4,5)6/h14-15H,7-11H2,1-6H3. The summed E-state index contributed by atoms with van der Waals surface area (Å²) in [5.74, 6) is 0. The van der Waals surface area contributed by atoms with E-state index in [2.05, 4.69) is 52.2 Å². The summed E-state index contributed by atoms with van der Waals surface area (Å²) in [5, 5.41) is 6.98. The molecule has 0 aromatic carbocycles. The molecule has 92 valence electrons. The Balaban J connectivity index is 3.20. The van der Waals surface area contributed by atoms with Crippen molar-refractivity contribution in [2.75, 3.05) is 19.6 Å². The molecule has 0 saturated heterocycles. The molecular formula is C13H30N2. The fourth-order valence-corrected chi connectivity index (χ4v) is 1.27. The molecular weight excluding hydrogens is 184 g/mol. The number of nitrogens with one attached hydrogen (secondary N) is 2. The fraction of sp³-hybridized carbons (Fsp3) is 1.00. The van der Waals surface area contributed by atoms with Crippen molar-refractivity contribution in [2.45, 2.75) is 59.9 Å².